The normalized spacial score (nSPS) is 17.7. The molecule has 1 atom stereocenters. The molecule has 24 heavy (non-hydrogen) atoms. The Balaban J connectivity index is 2.16. The second-order valence-corrected chi connectivity index (χ2v) is 5.46. The average Bonchev–Trinajstić information content (AvgIpc) is 2.95. The molecule has 1 aliphatic heterocycles. The molecular formula is C17H23NO6. The van der Waals surface area contributed by atoms with Crippen molar-refractivity contribution in [2.24, 2.45) is 5.92 Å². The van der Waals surface area contributed by atoms with Gasteiger partial charge < -0.3 is 18.9 Å². The molecule has 1 aliphatic rings. The minimum absolute atomic E-state index is 0.118. The van der Waals surface area contributed by atoms with Crippen LogP contribution in [0, 0.1) is 5.92 Å². The zero-order valence-electron chi connectivity index (χ0n) is 14.5. The van der Waals surface area contributed by atoms with Crippen LogP contribution >= 0.6 is 0 Å². The van der Waals surface area contributed by atoms with Gasteiger partial charge in [-0.15, -0.1) is 0 Å². The first kappa shape index (κ1) is 18.1. The summed E-state index contributed by atoms with van der Waals surface area (Å²) in [5.74, 6) is 0.508. The maximum Gasteiger partial charge on any atom is 0.317 e. The average molecular weight is 337 g/mol. The van der Waals surface area contributed by atoms with E-state index in [1.807, 2.05) is 11.0 Å². The summed E-state index contributed by atoms with van der Waals surface area (Å²) < 4.78 is 20.9. The third-order valence-corrected chi connectivity index (χ3v) is 3.96. The lowest BCUT2D eigenvalue weighted by molar-refractivity contribution is -0.149. The van der Waals surface area contributed by atoms with E-state index in [4.69, 9.17) is 18.9 Å². The van der Waals surface area contributed by atoms with Gasteiger partial charge in [-0.3, -0.25) is 14.5 Å². The Bertz CT molecular complexity index is 615. The van der Waals surface area contributed by atoms with Crippen molar-refractivity contribution in [3.8, 4) is 17.2 Å². The number of hydrogen-bond donors (Lipinski definition) is 0. The molecule has 2 rings (SSSR count). The topological polar surface area (TPSA) is 74.3 Å². The molecule has 0 aliphatic carbocycles. The van der Waals surface area contributed by atoms with Gasteiger partial charge in [-0.05, 0) is 13.0 Å². The van der Waals surface area contributed by atoms with Crippen LogP contribution in [0.3, 0.4) is 0 Å². The van der Waals surface area contributed by atoms with Gasteiger partial charge in [0, 0.05) is 24.7 Å². The van der Waals surface area contributed by atoms with E-state index in [-0.39, 0.29) is 18.9 Å². The van der Waals surface area contributed by atoms with Crippen molar-refractivity contribution in [3.05, 3.63) is 17.7 Å². The van der Waals surface area contributed by atoms with Gasteiger partial charge in [-0.1, -0.05) is 0 Å². The predicted molar refractivity (Wildman–Crippen MR) is 86.5 cm³/mol. The molecule has 0 N–H and O–H groups in total. The summed E-state index contributed by atoms with van der Waals surface area (Å²) in [6, 6.07) is 3.56. The largest absolute Gasteiger partial charge is 0.496 e. The molecule has 0 saturated carbocycles. The van der Waals surface area contributed by atoms with Crippen LogP contribution in [0.2, 0.25) is 0 Å². The fraction of sp³-hybridized carbons (Fsp3) is 0.529. The van der Waals surface area contributed by atoms with Crippen molar-refractivity contribution in [1.29, 1.82) is 0 Å². The van der Waals surface area contributed by atoms with Crippen LogP contribution in [0.25, 0.3) is 0 Å². The Labute approximate surface area is 141 Å². The van der Waals surface area contributed by atoms with Crippen molar-refractivity contribution in [1.82, 2.24) is 4.90 Å². The second-order valence-electron chi connectivity index (χ2n) is 5.46. The van der Waals surface area contributed by atoms with Gasteiger partial charge in [0.25, 0.3) is 0 Å². The maximum absolute atomic E-state index is 12.1. The number of carbonyl (C=O) groups excluding carboxylic acids is 2. The third-order valence-electron chi connectivity index (χ3n) is 3.96. The number of methoxy groups -OCH3 is 3. The predicted octanol–water partition coefficient (Wildman–Crippen LogP) is 1.28. The molecule has 1 aromatic carbocycles. The molecule has 0 spiro atoms. The zero-order valence-corrected chi connectivity index (χ0v) is 14.5. The maximum atomic E-state index is 12.1. The van der Waals surface area contributed by atoms with Gasteiger partial charge >= 0.3 is 5.97 Å². The number of Topliss-reactive ketones (excluding diaryl/α,β-unsaturated/α-hetero) is 1. The van der Waals surface area contributed by atoms with E-state index in [0.717, 1.165) is 5.56 Å². The minimum Gasteiger partial charge on any atom is -0.496 e. The van der Waals surface area contributed by atoms with Gasteiger partial charge in [-0.25, -0.2) is 0 Å². The summed E-state index contributed by atoms with van der Waals surface area (Å²) in [4.78, 5) is 25.8. The monoisotopic (exact) mass is 337 g/mol. The molecule has 7 nitrogen and oxygen atoms in total. The van der Waals surface area contributed by atoms with E-state index in [0.29, 0.717) is 30.3 Å². The van der Waals surface area contributed by atoms with Crippen molar-refractivity contribution < 1.29 is 28.5 Å². The smallest absolute Gasteiger partial charge is 0.317 e. The van der Waals surface area contributed by atoms with Crippen LogP contribution in [0.4, 0.5) is 0 Å². The van der Waals surface area contributed by atoms with Crippen LogP contribution in [0.15, 0.2) is 12.1 Å². The summed E-state index contributed by atoms with van der Waals surface area (Å²) in [6.45, 7) is 3.01. The minimum atomic E-state index is -0.712. The van der Waals surface area contributed by atoms with Gasteiger partial charge in [-0.2, -0.15) is 0 Å². The standard InChI is InChI=1S/C17H23NO6/c1-5-24-17(20)12-9-18(10-13(12)19)8-11-6-15(22-3)16(23-4)7-14(11)21-2/h6-7,12H,5,8-10H2,1-4H3. The fourth-order valence-electron chi connectivity index (χ4n) is 2.78. The summed E-state index contributed by atoms with van der Waals surface area (Å²) in [5.41, 5.74) is 0.854. The molecule has 0 bridgehead atoms. The summed E-state index contributed by atoms with van der Waals surface area (Å²) in [5, 5.41) is 0. The summed E-state index contributed by atoms with van der Waals surface area (Å²) >= 11 is 0. The number of likely N-dealkylation sites (tertiary alicyclic amines) is 1. The lowest BCUT2D eigenvalue weighted by Crippen LogP contribution is -2.25. The van der Waals surface area contributed by atoms with Crippen LogP contribution in [-0.2, 0) is 20.9 Å². The Kier molecular flexibility index (Phi) is 6.03. The van der Waals surface area contributed by atoms with E-state index in [1.54, 1.807) is 34.3 Å². The quantitative estimate of drug-likeness (QED) is 0.548. The van der Waals surface area contributed by atoms with Crippen LogP contribution in [0.5, 0.6) is 17.2 Å². The zero-order chi connectivity index (χ0) is 17.7. The first-order chi connectivity index (χ1) is 11.5. The highest BCUT2D eigenvalue weighted by Gasteiger charge is 2.37. The fourth-order valence-corrected chi connectivity index (χ4v) is 2.78. The van der Waals surface area contributed by atoms with Gasteiger partial charge in [0.1, 0.15) is 11.7 Å². The number of esters is 1. The lowest BCUT2D eigenvalue weighted by atomic mass is 10.1. The van der Waals surface area contributed by atoms with E-state index in [1.165, 1.54) is 0 Å². The highest BCUT2D eigenvalue weighted by molar-refractivity contribution is 6.01. The van der Waals surface area contributed by atoms with Gasteiger partial charge in [0.15, 0.2) is 17.3 Å². The Morgan fingerprint density at radius 2 is 1.75 bits per heavy atom. The van der Waals surface area contributed by atoms with Crippen LogP contribution in [0.1, 0.15) is 12.5 Å². The second kappa shape index (κ2) is 8.01. The molecule has 1 fully saturated rings. The van der Waals surface area contributed by atoms with Crippen molar-refractivity contribution >= 4 is 11.8 Å². The number of nitrogens with zero attached hydrogens (tertiary/aromatic N) is 1. The molecule has 7 heteroatoms. The molecule has 0 amide bonds. The highest BCUT2D eigenvalue weighted by Crippen LogP contribution is 2.35. The highest BCUT2D eigenvalue weighted by atomic mass is 16.5. The molecule has 132 valence electrons. The lowest BCUT2D eigenvalue weighted by Gasteiger charge is -2.19. The molecule has 1 unspecified atom stereocenters. The molecule has 1 heterocycles. The Hall–Kier alpha value is -2.28. The Morgan fingerprint density at radius 1 is 1.12 bits per heavy atom. The van der Waals surface area contributed by atoms with Crippen molar-refractivity contribution in [3.63, 3.8) is 0 Å². The number of rotatable bonds is 7. The molecule has 1 aromatic rings. The van der Waals surface area contributed by atoms with Crippen LogP contribution in [-0.4, -0.2) is 57.7 Å². The van der Waals surface area contributed by atoms with Gasteiger partial charge in [0.05, 0.1) is 34.5 Å². The summed E-state index contributed by atoms with van der Waals surface area (Å²) in [6.07, 6.45) is 0. The molecule has 1 saturated heterocycles. The molecule has 0 radical (unpaired) electrons. The van der Waals surface area contributed by atoms with E-state index in [9.17, 15) is 9.59 Å². The number of benzene rings is 1. The summed E-state index contributed by atoms with van der Waals surface area (Å²) in [7, 11) is 4.69. The first-order valence-corrected chi connectivity index (χ1v) is 7.74. The Morgan fingerprint density at radius 3 is 2.33 bits per heavy atom. The van der Waals surface area contributed by atoms with E-state index in [2.05, 4.69) is 0 Å². The molecular weight excluding hydrogens is 314 g/mol. The SMILES string of the molecule is CCOC(=O)C1CN(Cc2cc(OC)c(OC)cc2OC)CC1=O. The van der Waals surface area contributed by atoms with Crippen LogP contribution < -0.4 is 14.2 Å². The molecule has 0 aromatic heterocycles. The van der Waals surface area contributed by atoms with Crippen molar-refractivity contribution in [2.75, 3.05) is 41.0 Å². The number of ketones is 1. The first-order valence-electron chi connectivity index (χ1n) is 7.74. The number of carbonyl (C=O) groups is 2. The third kappa shape index (κ3) is 3.79. The number of hydrogen-bond acceptors (Lipinski definition) is 7. The van der Waals surface area contributed by atoms with Crippen molar-refractivity contribution in [2.45, 2.75) is 13.5 Å². The van der Waals surface area contributed by atoms with E-state index >= 15 is 0 Å². The van der Waals surface area contributed by atoms with Gasteiger partial charge in [0.2, 0.25) is 0 Å². The number of ether oxygens (including phenoxy) is 4. The van der Waals surface area contributed by atoms with E-state index < -0.39 is 11.9 Å².